The number of hydrogen-bond donors (Lipinski definition) is 3. The van der Waals surface area contributed by atoms with E-state index in [1.54, 1.807) is 24.5 Å². The van der Waals surface area contributed by atoms with Gasteiger partial charge in [0.1, 0.15) is 0 Å². The Labute approximate surface area is 79.7 Å². The first-order valence-corrected chi connectivity index (χ1v) is 3.93. The quantitative estimate of drug-likeness (QED) is 0.571. The molecule has 1 rings (SSSR count). The van der Waals surface area contributed by atoms with Crippen molar-refractivity contribution in [3.8, 4) is 0 Å². The SMILES string of the molecule is O=C(O)C(CNn1cccc1)C(=O)O. The number of nitrogens with zero attached hydrogens (tertiary/aromatic N) is 1. The maximum absolute atomic E-state index is 10.5. The molecule has 14 heavy (non-hydrogen) atoms. The maximum atomic E-state index is 10.5. The van der Waals surface area contributed by atoms with Gasteiger partial charge in [0.25, 0.3) is 0 Å². The van der Waals surface area contributed by atoms with Gasteiger partial charge < -0.3 is 15.6 Å². The Balaban J connectivity index is 2.49. The molecule has 0 unspecified atom stereocenters. The minimum Gasteiger partial charge on any atom is -0.481 e. The molecule has 0 aliphatic heterocycles. The van der Waals surface area contributed by atoms with E-state index in [1.807, 2.05) is 0 Å². The van der Waals surface area contributed by atoms with Crippen molar-refractivity contribution >= 4 is 11.9 Å². The van der Waals surface area contributed by atoms with Crippen LogP contribution in [0.25, 0.3) is 0 Å². The molecule has 3 N–H and O–H groups in total. The summed E-state index contributed by atoms with van der Waals surface area (Å²) < 4.78 is 1.50. The van der Waals surface area contributed by atoms with Crippen LogP contribution in [0.3, 0.4) is 0 Å². The number of rotatable bonds is 5. The summed E-state index contributed by atoms with van der Waals surface area (Å²) >= 11 is 0. The van der Waals surface area contributed by atoms with E-state index in [1.165, 1.54) is 4.68 Å². The molecule has 1 heterocycles. The molecule has 1 aromatic rings. The lowest BCUT2D eigenvalue weighted by atomic mass is 10.1. The summed E-state index contributed by atoms with van der Waals surface area (Å²) in [6.07, 6.45) is 3.31. The highest BCUT2D eigenvalue weighted by Gasteiger charge is 2.25. The van der Waals surface area contributed by atoms with Crippen molar-refractivity contribution in [1.29, 1.82) is 0 Å². The zero-order valence-electron chi connectivity index (χ0n) is 7.25. The van der Waals surface area contributed by atoms with E-state index in [9.17, 15) is 9.59 Å². The third-order valence-electron chi connectivity index (χ3n) is 1.68. The molecular formula is C8H10N2O4. The molecule has 0 atom stereocenters. The molecule has 0 amide bonds. The van der Waals surface area contributed by atoms with Gasteiger partial charge in [-0.25, -0.2) is 0 Å². The maximum Gasteiger partial charge on any atom is 0.319 e. The van der Waals surface area contributed by atoms with Crippen molar-refractivity contribution in [3.63, 3.8) is 0 Å². The topological polar surface area (TPSA) is 91.6 Å². The van der Waals surface area contributed by atoms with Gasteiger partial charge in [0.05, 0.1) is 6.54 Å². The Morgan fingerprint density at radius 3 is 2.14 bits per heavy atom. The molecule has 0 saturated carbocycles. The van der Waals surface area contributed by atoms with Gasteiger partial charge in [0, 0.05) is 12.4 Å². The Morgan fingerprint density at radius 2 is 1.71 bits per heavy atom. The second-order valence-corrected chi connectivity index (χ2v) is 2.68. The van der Waals surface area contributed by atoms with E-state index in [0.717, 1.165) is 0 Å². The molecule has 76 valence electrons. The molecule has 6 nitrogen and oxygen atoms in total. The van der Waals surface area contributed by atoms with Gasteiger partial charge in [-0.2, -0.15) is 0 Å². The monoisotopic (exact) mass is 198 g/mol. The number of hydrogen-bond acceptors (Lipinski definition) is 3. The molecule has 0 aliphatic rings. The summed E-state index contributed by atoms with van der Waals surface area (Å²) in [6, 6.07) is 3.48. The van der Waals surface area contributed by atoms with Crippen molar-refractivity contribution in [2.75, 3.05) is 12.0 Å². The van der Waals surface area contributed by atoms with Crippen LogP contribution in [0.4, 0.5) is 0 Å². The average molecular weight is 198 g/mol. The smallest absolute Gasteiger partial charge is 0.319 e. The molecule has 6 heteroatoms. The zero-order valence-corrected chi connectivity index (χ0v) is 7.25. The van der Waals surface area contributed by atoms with Gasteiger partial charge >= 0.3 is 11.9 Å². The molecular weight excluding hydrogens is 188 g/mol. The summed E-state index contributed by atoms with van der Waals surface area (Å²) in [6.45, 7) is -0.153. The van der Waals surface area contributed by atoms with E-state index < -0.39 is 17.9 Å². The lowest BCUT2D eigenvalue weighted by Crippen LogP contribution is -2.33. The second kappa shape index (κ2) is 4.31. The fraction of sp³-hybridized carbons (Fsp3) is 0.250. The van der Waals surface area contributed by atoms with Gasteiger partial charge in [-0.3, -0.25) is 14.3 Å². The largest absolute Gasteiger partial charge is 0.481 e. The molecule has 0 radical (unpaired) electrons. The molecule has 0 aliphatic carbocycles. The van der Waals surface area contributed by atoms with Gasteiger partial charge in [-0.15, -0.1) is 0 Å². The van der Waals surface area contributed by atoms with Gasteiger partial charge in [0.2, 0.25) is 0 Å². The molecule has 0 saturated heterocycles. The van der Waals surface area contributed by atoms with Crippen LogP contribution in [0.5, 0.6) is 0 Å². The number of aliphatic carboxylic acids is 2. The number of carbonyl (C=O) groups is 2. The highest BCUT2D eigenvalue weighted by atomic mass is 16.4. The van der Waals surface area contributed by atoms with Crippen LogP contribution in [-0.4, -0.2) is 33.4 Å². The first-order valence-electron chi connectivity index (χ1n) is 3.93. The number of carboxylic acid groups (broad SMARTS) is 2. The van der Waals surface area contributed by atoms with Crippen LogP contribution in [-0.2, 0) is 9.59 Å². The van der Waals surface area contributed by atoms with Crippen LogP contribution in [0.1, 0.15) is 0 Å². The Kier molecular flexibility index (Phi) is 3.11. The Bertz CT molecular complexity index is 306. The fourth-order valence-electron chi connectivity index (χ4n) is 0.917. The fourth-order valence-corrected chi connectivity index (χ4v) is 0.917. The van der Waals surface area contributed by atoms with Crippen molar-refractivity contribution in [1.82, 2.24) is 4.68 Å². The van der Waals surface area contributed by atoms with E-state index in [2.05, 4.69) is 5.43 Å². The predicted molar refractivity (Wildman–Crippen MR) is 47.4 cm³/mol. The number of carboxylic acids is 2. The molecule has 0 fully saturated rings. The first-order chi connectivity index (χ1) is 6.61. The lowest BCUT2D eigenvalue weighted by molar-refractivity contribution is -0.153. The molecule has 0 aromatic carbocycles. The van der Waals surface area contributed by atoms with Crippen LogP contribution in [0, 0.1) is 5.92 Å². The highest BCUT2D eigenvalue weighted by molar-refractivity contribution is 5.93. The highest BCUT2D eigenvalue weighted by Crippen LogP contribution is 1.96. The average Bonchev–Trinajstić information content (AvgIpc) is 2.55. The van der Waals surface area contributed by atoms with Gasteiger partial charge in [0.15, 0.2) is 5.92 Å². The minimum atomic E-state index is -1.43. The number of nitrogens with one attached hydrogen (secondary N) is 1. The van der Waals surface area contributed by atoms with Crippen LogP contribution < -0.4 is 5.43 Å². The molecule has 0 bridgehead atoms. The van der Waals surface area contributed by atoms with Crippen LogP contribution in [0.15, 0.2) is 24.5 Å². The summed E-state index contributed by atoms with van der Waals surface area (Å²) in [7, 11) is 0. The number of aromatic nitrogens is 1. The van der Waals surface area contributed by atoms with Crippen molar-refractivity contribution in [2.45, 2.75) is 0 Å². The summed E-state index contributed by atoms with van der Waals surface area (Å²) in [5.41, 5.74) is 2.64. The first kappa shape index (κ1) is 10.1. The third kappa shape index (κ3) is 2.51. The van der Waals surface area contributed by atoms with E-state index in [4.69, 9.17) is 10.2 Å². The van der Waals surface area contributed by atoms with Gasteiger partial charge in [-0.05, 0) is 12.1 Å². The van der Waals surface area contributed by atoms with Crippen LogP contribution in [0.2, 0.25) is 0 Å². The second-order valence-electron chi connectivity index (χ2n) is 2.68. The normalized spacial score (nSPS) is 10.1. The minimum absolute atomic E-state index is 0.153. The van der Waals surface area contributed by atoms with E-state index in [0.29, 0.717) is 0 Å². The van der Waals surface area contributed by atoms with E-state index >= 15 is 0 Å². The summed E-state index contributed by atoms with van der Waals surface area (Å²) in [5.74, 6) is -4.13. The molecule has 1 aromatic heterocycles. The predicted octanol–water partition coefficient (Wildman–Crippen LogP) is -0.183. The standard InChI is InChI=1S/C8H10N2O4/c11-7(12)6(8(13)14)5-9-10-3-1-2-4-10/h1-4,6,9H,5H2,(H,11,12)(H,13,14). The van der Waals surface area contributed by atoms with Crippen molar-refractivity contribution in [3.05, 3.63) is 24.5 Å². The van der Waals surface area contributed by atoms with Crippen molar-refractivity contribution in [2.24, 2.45) is 5.92 Å². The third-order valence-corrected chi connectivity index (χ3v) is 1.68. The Morgan fingerprint density at radius 1 is 1.21 bits per heavy atom. The summed E-state index contributed by atoms with van der Waals surface area (Å²) in [5, 5.41) is 17.1. The van der Waals surface area contributed by atoms with Gasteiger partial charge in [-0.1, -0.05) is 0 Å². The summed E-state index contributed by atoms with van der Waals surface area (Å²) in [4.78, 5) is 20.9. The Hall–Kier alpha value is -1.98. The zero-order chi connectivity index (χ0) is 10.6. The van der Waals surface area contributed by atoms with Crippen molar-refractivity contribution < 1.29 is 19.8 Å². The van der Waals surface area contributed by atoms with Crippen LogP contribution >= 0.6 is 0 Å². The van der Waals surface area contributed by atoms with E-state index in [-0.39, 0.29) is 6.54 Å². The lowest BCUT2D eigenvalue weighted by Gasteiger charge is -2.10. The molecule has 0 spiro atoms.